The van der Waals surface area contributed by atoms with E-state index >= 15 is 0 Å². The molecular weight excluding hydrogens is 479 g/mol. The Balaban J connectivity index is 1.80. The number of carbonyl (C=O) groups is 1. The lowest BCUT2D eigenvalue weighted by Gasteiger charge is -2.44. The molecule has 3 rings (SSSR count). The zero-order valence-electron chi connectivity index (χ0n) is 16.7. The van der Waals surface area contributed by atoms with Crippen molar-refractivity contribution in [2.75, 3.05) is 25.1 Å². The standard InChI is InChI=1S/C21H21Cl3N4O2S/c1-30-17-6-3-2-5-16(17)27-13-4-14-28(20(27)31)19(21(22,23)24)26-18(29)8-7-15-9-11-25-12-10-15/h2-3,5-12,19H,4,13-14H2,1H3,(H,26,29)/b8-7+. The lowest BCUT2D eigenvalue weighted by Crippen LogP contribution is -2.62. The first-order valence-electron chi connectivity index (χ1n) is 9.47. The quantitative estimate of drug-likeness (QED) is 0.361. The molecule has 2 heterocycles. The molecule has 1 N–H and O–H groups in total. The molecule has 164 valence electrons. The molecule has 1 amide bonds. The van der Waals surface area contributed by atoms with Gasteiger partial charge in [-0.05, 0) is 54.5 Å². The summed E-state index contributed by atoms with van der Waals surface area (Å²) in [6, 6.07) is 11.1. The van der Waals surface area contributed by atoms with E-state index in [1.807, 2.05) is 29.2 Å². The van der Waals surface area contributed by atoms with E-state index in [2.05, 4.69) is 10.3 Å². The van der Waals surface area contributed by atoms with Gasteiger partial charge < -0.3 is 19.9 Å². The number of halogens is 3. The monoisotopic (exact) mass is 498 g/mol. The van der Waals surface area contributed by atoms with Gasteiger partial charge in [-0.25, -0.2) is 0 Å². The van der Waals surface area contributed by atoms with Crippen molar-refractivity contribution in [3.05, 3.63) is 60.4 Å². The van der Waals surface area contributed by atoms with Crippen LogP contribution in [0.5, 0.6) is 5.75 Å². The predicted octanol–water partition coefficient (Wildman–Crippen LogP) is 4.41. The Morgan fingerprint density at radius 1 is 1.23 bits per heavy atom. The number of benzene rings is 1. The van der Waals surface area contributed by atoms with Crippen LogP contribution in [0.1, 0.15) is 12.0 Å². The molecule has 31 heavy (non-hydrogen) atoms. The summed E-state index contributed by atoms with van der Waals surface area (Å²) in [5, 5.41) is 3.21. The molecule has 1 unspecified atom stereocenters. The van der Waals surface area contributed by atoms with Crippen LogP contribution >= 0.6 is 47.0 Å². The molecule has 1 aliphatic heterocycles. The van der Waals surface area contributed by atoms with E-state index in [0.717, 1.165) is 17.7 Å². The van der Waals surface area contributed by atoms with Crippen LogP contribution in [0.3, 0.4) is 0 Å². The largest absolute Gasteiger partial charge is 0.495 e. The number of methoxy groups -OCH3 is 1. The number of hydrogen-bond donors (Lipinski definition) is 1. The molecule has 1 fully saturated rings. The van der Waals surface area contributed by atoms with Crippen molar-refractivity contribution in [1.29, 1.82) is 0 Å². The zero-order valence-corrected chi connectivity index (χ0v) is 19.8. The SMILES string of the molecule is COc1ccccc1N1CCCN(C(NC(=O)/C=C/c2ccncc2)C(Cl)(Cl)Cl)C1=S. The van der Waals surface area contributed by atoms with E-state index in [1.165, 1.54) is 6.08 Å². The van der Waals surface area contributed by atoms with Gasteiger partial charge in [0.1, 0.15) is 5.75 Å². The first-order valence-corrected chi connectivity index (χ1v) is 11.0. The fourth-order valence-corrected chi connectivity index (χ4v) is 4.13. The first-order chi connectivity index (χ1) is 14.8. The number of rotatable bonds is 6. The Bertz CT molecular complexity index is 953. The maximum absolute atomic E-state index is 12.6. The Hall–Kier alpha value is -2.06. The molecule has 0 saturated carbocycles. The van der Waals surface area contributed by atoms with Crippen molar-refractivity contribution < 1.29 is 9.53 Å². The summed E-state index contributed by atoms with van der Waals surface area (Å²) in [7, 11) is 1.60. The number of ether oxygens (including phenoxy) is 1. The summed E-state index contributed by atoms with van der Waals surface area (Å²) in [6.45, 7) is 1.20. The second-order valence-electron chi connectivity index (χ2n) is 6.72. The minimum atomic E-state index is -1.81. The lowest BCUT2D eigenvalue weighted by atomic mass is 10.2. The topological polar surface area (TPSA) is 57.7 Å². The second-order valence-corrected chi connectivity index (χ2v) is 9.45. The molecule has 0 bridgehead atoms. The number of carbonyl (C=O) groups excluding carboxylic acids is 1. The lowest BCUT2D eigenvalue weighted by molar-refractivity contribution is -0.117. The van der Waals surface area contributed by atoms with Gasteiger partial charge in [0, 0.05) is 31.6 Å². The molecule has 6 nitrogen and oxygen atoms in total. The van der Waals surface area contributed by atoms with E-state index in [0.29, 0.717) is 24.0 Å². The molecule has 1 aromatic heterocycles. The Labute approximate surface area is 201 Å². The highest BCUT2D eigenvalue weighted by atomic mass is 35.6. The van der Waals surface area contributed by atoms with Crippen LogP contribution in [0, 0.1) is 0 Å². The average molecular weight is 500 g/mol. The third-order valence-electron chi connectivity index (χ3n) is 4.67. The van der Waals surface area contributed by atoms with Gasteiger partial charge in [-0.15, -0.1) is 0 Å². The highest BCUT2D eigenvalue weighted by Gasteiger charge is 2.42. The summed E-state index contributed by atoms with van der Waals surface area (Å²) >= 11 is 24.5. The van der Waals surface area contributed by atoms with Gasteiger partial charge >= 0.3 is 0 Å². The molecular formula is C21H21Cl3N4O2S. The minimum Gasteiger partial charge on any atom is -0.495 e. The number of nitrogens with zero attached hydrogens (tertiary/aromatic N) is 3. The highest BCUT2D eigenvalue weighted by Crippen LogP contribution is 2.36. The number of aromatic nitrogens is 1. The highest BCUT2D eigenvalue weighted by molar-refractivity contribution is 7.80. The van der Waals surface area contributed by atoms with Gasteiger partial charge in [-0.2, -0.15) is 0 Å². The summed E-state index contributed by atoms with van der Waals surface area (Å²) in [4.78, 5) is 20.2. The summed E-state index contributed by atoms with van der Waals surface area (Å²) < 4.78 is 3.66. The van der Waals surface area contributed by atoms with Crippen molar-refractivity contribution in [3.8, 4) is 5.75 Å². The first kappa shape index (κ1) is 23.6. The fourth-order valence-electron chi connectivity index (χ4n) is 3.23. The summed E-state index contributed by atoms with van der Waals surface area (Å²) in [5.74, 6) is 0.270. The van der Waals surface area contributed by atoms with Gasteiger partial charge in [0.2, 0.25) is 9.70 Å². The molecule has 0 spiro atoms. The number of hydrogen-bond acceptors (Lipinski definition) is 4. The van der Waals surface area contributed by atoms with Crippen LogP contribution in [0.15, 0.2) is 54.9 Å². The number of anilines is 1. The Morgan fingerprint density at radius 2 is 1.94 bits per heavy atom. The van der Waals surface area contributed by atoms with Gasteiger partial charge in [-0.3, -0.25) is 9.78 Å². The van der Waals surface area contributed by atoms with E-state index in [-0.39, 0.29) is 0 Å². The maximum Gasteiger partial charge on any atom is 0.245 e. The third kappa shape index (κ3) is 6.01. The smallest absolute Gasteiger partial charge is 0.245 e. The van der Waals surface area contributed by atoms with E-state index < -0.39 is 15.9 Å². The number of nitrogens with one attached hydrogen (secondary N) is 1. The third-order valence-corrected chi connectivity index (χ3v) is 5.74. The van der Waals surface area contributed by atoms with Gasteiger partial charge in [-0.1, -0.05) is 46.9 Å². The van der Waals surface area contributed by atoms with Crippen molar-refractivity contribution in [1.82, 2.24) is 15.2 Å². The van der Waals surface area contributed by atoms with Gasteiger partial charge in [0.25, 0.3) is 0 Å². The van der Waals surface area contributed by atoms with Crippen LogP contribution in [-0.2, 0) is 4.79 Å². The fraction of sp³-hybridized carbons (Fsp3) is 0.286. The molecule has 1 aromatic carbocycles. The van der Waals surface area contributed by atoms with Crippen molar-refractivity contribution in [2.45, 2.75) is 16.4 Å². The van der Waals surface area contributed by atoms with Crippen molar-refractivity contribution in [3.63, 3.8) is 0 Å². The molecule has 10 heteroatoms. The summed E-state index contributed by atoms with van der Waals surface area (Å²) in [5.41, 5.74) is 1.64. The van der Waals surface area contributed by atoms with Gasteiger partial charge in [0.15, 0.2) is 11.3 Å². The number of thiocarbonyl (C=S) groups is 1. The van der Waals surface area contributed by atoms with E-state index in [4.69, 9.17) is 51.8 Å². The Kier molecular flexibility index (Phi) is 8.00. The van der Waals surface area contributed by atoms with Crippen LogP contribution in [0.4, 0.5) is 5.69 Å². The molecule has 0 radical (unpaired) electrons. The van der Waals surface area contributed by atoms with Crippen LogP contribution in [0.2, 0.25) is 0 Å². The predicted molar refractivity (Wildman–Crippen MR) is 130 cm³/mol. The van der Waals surface area contributed by atoms with E-state index in [9.17, 15) is 4.79 Å². The van der Waals surface area contributed by atoms with Gasteiger partial charge in [0.05, 0.1) is 12.8 Å². The van der Waals surface area contributed by atoms with Crippen LogP contribution in [-0.4, -0.2) is 51.1 Å². The maximum atomic E-state index is 12.6. The second kappa shape index (κ2) is 10.5. The Morgan fingerprint density at radius 3 is 2.61 bits per heavy atom. The van der Waals surface area contributed by atoms with Crippen molar-refractivity contribution in [2.24, 2.45) is 0 Å². The van der Waals surface area contributed by atoms with Crippen LogP contribution in [0.25, 0.3) is 6.08 Å². The number of pyridine rings is 1. The molecule has 0 aliphatic carbocycles. The van der Waals surface area contributed by atoms with E-state index in [1.54, 1.807) is 42.6 Å². The molecule has 1 saturated heterocycles. The molecule has 2 aromatic rings. The zero-order chi connectivity index (χ0) is 22.4. The van der Waals surface area contributed by atoms with Crippen LogP contribution < -0.4 is 15.0 Å². The number of para-hydroxylation sites is 2. The number of amides is 1. The van der Waals surface area contributed by atoms with Crippen molar-refractivity contribution >= 4 is 69.8 Å². The summed E-state index contributed by atoms with van der Waals surface area (Å²) in [6.07, 6.45) is 6.10. The molecule has 1 aliphatic rings. The molecule has 1 atom stereocenters. The average Bonchev–Trinajstić information content (AvgIpc) is 2.76. The minimum absolute atomic E-state index is 0.412. The number of alkyl halides is 3. The normalized spacial score (nSPS) is 15.8.